The molecule has 8 unspecified atom stereocenters. The van der Waals surface area contributed by atoms with Crippen LogP contribution in [-0.4, -0.2) is 120 Å². The van der Waals surface area contributed by atoms with E-state index in [2.05, 4.69) is 13.8 Å². The summed E-state index contributed by atoms with van der Waals surface area (Å²) in [6.45, 7) is 23.5. The topological polar surface area (TPSA) is 130 Å². The molecule has 8 atom stereocenters. The zero-order valence-electron chi connectivity index (χ0n) is 29.9. The van der Waals surface area contributed by atoms with E-state index in [0.717, 1.165) is 38.9 Å². The van der Waals surface area contributed by atoms with Crippen molar-refractivity contribution < 1.29 is 56.4 Å². The molecule has 0 rings (SSSR count). The van der Waals surface area contributed by atoms with E-state index < -0.39 is 20.0 Å². The van der Waals surface area contributed by atoms with E-state index in [0.29, 0.717) is 39.6 Å². The Balaban J connectivity index is 4.09. The second kappa shape index (κ2) is 27.7. The second-order valence-corrected chi connectivity index (χ2v) is 13.4. The Morgan fingerprint density at radius 2 is 0.689 bits per heavy atom. The van der Waals surface area contributed by atoms with Gasteiger partial charge >= 0.3 is 7.82 Å². The van der Waals surface area contributed by atoms with Crippen molar-refractivity contribution in [1.29, 1.82) is 0 Å². The average Bonchev–Trinajstić information content (AvgIpc) is 2.98. The summed E-state index contributed by atoms with van der Waals surface area (Å²) < 4.78 is 68.8. The van der Waals surface area contributed by atoms with Crippen LogP contribution in [-0.2, 0) is 51.5 Å². The van der Waals surface area contributed by atoms with E-state index >= 15 is 0 Å². The minimum absolute atomic E-state index is 0.00275. The molecular formula is C32H67O12P. The van der Waals surface area contributed by atoms with Crippen LogP contribution in [0.4, 0.5) is 0 Å². The van der Waals surface area contributed by atoms with Crippen LogP contribution in [0.3, 0.4) is 0 Å². The first-order chi connectivity index (χ1) is 21.3. The number of rotatable bonds is 32. The highest BCUT2D eigenvalue weighted by Gasteiger charge is 2.28. The average molecular weight is 675 g/mol. The highest BCUT2D eigenvalue weighted by atomic mass is 31.2. The number of hydrogen-bond donors (Lipinski definition) is 1. The van der Waals surface area contributed by atoms with Gasteiger partial charge in [0, 0.05) is 13.2 Å². The molecule has 0 heterocycles. The fraction of sp³-hybridized carbons (Fsp3) is 1.00. The van der Waals surface area contributed by atoms with Gasteiger partial charge in [-0.1, -0.05) is 26.7 Å². The Bertz CT molecular complexity index is 664. The van der Waals surface area contributed by atoms with Gasteiger partial charge in [-0.3, -0.25) is 9.05 Å². The molecule has 0 spiro atoms. The molecule has 1 N–H and O–H groups in total. The smallest absolute Gasteiger partial charge is 0.379 e. The first-order valence-corrected chi connectivity index (χ1v) is 18.3. The molecule has 272 valence electrons. The Kier molecular flexibility index (Phi) is 27.6. The molecule has 0 aliphatic rings. The molecule has 45 heavy (non-hydrogen) atoms. The molecule has 0 aromatic heterocycles. The van der Waals surface area contributed by atoms with Crippen molar-refractivity contribution in [1.82, 2.24) is 0 Å². The van der Waals surface area contributed by atoms with Crippen LogP contribution < -0.4 is 0 Å². The fourth-order valence-electron chi connectivity index (χ4n) is 3.62. The number of phosphoric acid groups is 1. The molecule has 0 aliphatic carbocycles. The third-order valence-corrected chi connectivity index (χ3v) is 7.56. The van der Waals surface area contributed by atoms with Crippen LogP contribution in [0.25, 0.3) is 0 Å². The van der Waals surface area contributed by atoms with Gasteiger partial charge in [-0.25, -0.2) is 4.57 Å². The summed E-state index contributed by atoms with van der Waals surface area (Å²) in [5.74, 6) is 0. The van der Waals surface area contributed by atoms with Crippen LogP contribution in [0.15, 0.2) is 0 Å². The molecule has 12 nitrogen and oxygen atoms in total. The van der Waals surface area contributed by atoms with Gasteiger partial charge in [0.15, 0.2) is 0 Å². The number of unbranched alkanes of at least 4 members (excludes halogenated alkanes) is 2. The van der Waals surface area contributed by atoms with Gasteiger partial charge in [-0.2, -0.15) is 0 Å². The van der Waals surface area contributed by atoms with Gasteiger partial charge < -0.3 is 42.8 Å². The molecule has 0 saturated heterocycles. The standard InChI is InChI=1S/C32H67O12P/c1-11-13-15-35-17-25(3)37-19-27(5)39-21-29(7)41-23-31(9)43-45(33,34)44-32(10)24-42-30(8)22-40-28(6)20-38-26(4)18-36-16-14-12-2/h25-32H,11-24H2,1-10H3,(H,33,34). The van der Waals surface area contributed by atoms with Crippen molar-refractivity contribution in [2.75, 3.05) is 66.1 Å². The molecule has 0 aromatic carbocycles. The quantitative estimate of drug-likeness (QED) is 0.0668. The largest absolute Gasteiger partial charge is 0.472 e. The first-order valence-electron chi connectivity index (χ1n) is 16.8. The third-order valence-electron chi connectivity index (χ3n) is 6.31. The van der Waals surface area contributed by atoms with Crippen LogP contribution in [0, 0.1) is 0 Å². The fourth-order valence-corrected chi connectivity index (χ4v) is 4.70. The van der Waals surface area contributed by atoms with Crippen LogP contribution >= 0.6 is 7.82 Å². The van der Waals surface area contributed by atoms with Gasteiger partial charge in [0.25, 0.3) is 0 Å². The molecule has 0 radical (unpaired) electrons. The minimum Gasteiger partial charge on any atom is -0.379 e. The molecular weight excluding hydrogens is 607 g/mol. The van der Waals surface area contributed by atoms with E-state index in [1.807, 2.05) is 41.5 Å². The molecule has 0 bridgehead atoms. The van der Waals surface area contributed by atoms with Crippen molar-refractivity contribution in [2.24, 2.45) is 0 Å². The molecule has 0 aliphatic heterocycles. The van der Waals surface area contributed by atoms with Gasteiger partial charge in [-0.05, 0) is 68.2 Å². The lowest BCUT2D eigenvalue weighted by Crippen LogP contribution is -2.29. The maximum absolute atomic E-state index is 12.5. The summed E-state index contributed by atoms with van der Waals surface area (Å²) in [4.78, 5) is 10.2. The van der Waals surface area contributed by atoms with Crippen molar-refractivity contribution in [3.05, 3.63) is 0 Å². The van der Waals surface area contributed by atoms with Crippen LogP contribution in [0.1, 0.15) is 94.9 Å². The predicted molar refractivity (Wildman–Crippen MR) is 175 cm³/mol. The summed E-state index contributed by atoms with van der Waals surface area (Å²) >= 11 is 0. The zero-order valence-corrected chi connectivity index (χ0v) is 30.8. The normalized spacial score (nSPS) is 18.9. The van der Waals surface area contributed by atoms with E-state index in [9.17, 15) is 9.46 Å². The van der Waals surface area contributed by atoms with Crippen molar-refractivity contribution in [3.63, 3.8) is 0 Å². The maximum Gasteiger partial charge on any atom is 0.472 e. The lowest BCUT2D eigenvalue weighted by molar-refractivity contribution is -0.0901. The summed E-state index contributed by atoms with van der Waals surface area (Å²) in [6, 6.07) is 0. The number of phosphoric ester groups is 1. The lowest BCUT2D eigenvalue weighted by Gasteiger charge is -2.24. The maximum atomic E-state index is 12.5. The minimum atomic E-state index is -4.32. The molecule has 0 fully saturated rings. The zero-order chi connectivity index (χ0) is 34.1. The summed E-state index contributed by atoms with van der Waals surface area (Å²) in [7, 11) is -4.32. The van der Waals surface area contributed by atoms with E-state index in [4.69, 9.17) is 46.9 Å². The molecule has 0 aromatic rings. The second-order valence-electron chi connectivity index (χ2n) is 12.0. The van der Waals surface area contributed by atoms with E-state index in [1.54, 1.807) is 13.8 Å². The Hall–Kier alpha value is -0.210. The number of hydrogen-bond acceptors (Lipinski definition) is 11. The van der Waals surface area contributed by atoms with E-state index in [1.165, 1.54) is 0 Å². The first kappa shape index (κ1) is 44.8. The van der Waals surface area contributed by atoms with Gasteiger partial charge in [-0.15, -0.1) is 0 Å². The Morgan fingerprint density at radius 3 is 0.956 bits per heavy atom. The SMILES string of the molecule is CCCCOCC(C)OCC(C)OCC(C)OCC(C)OP(=O)(O)OC(C)COC(C)COC(C)COC(C)COCCCC. The molecule has 13 heteroatoms. The highest BCUT2D eigenvalue weighted by molar-refractivity contribution is 7.47. The summed E-state index contributed by atoms with van der Waals surface area (Å²) in [6.07, 6.45) is 2.25. The van der Waals surface area contributed by atoms with Crippen LogP contribution in [0.5, 0.6) is 0 Å². The summed E-state index contributed by atoms with van der Waals surface area (Å²) in [5, 5.41) is 0. The molecule has 0 amide bonds. The number of ether oxygens (including phenoxy) is 8. The third kappa shape index (κ3) is 28.5. The monoisotopic (exact) mass is 674 g/mol. The van der Waals surface area contributed by atoms with Crippen molar-refractivity contribution in [2.45, 2.75) is 144 Å². The summed E-state index contributed by atoms with van der Waals surface area (Å²) in [5.41, 5.74) is 0. The van der Waals surface area contributed by atoms with Crippen molar-refractivity contribution in [3.8, 4) is 0 Å². The van der Waals surface area contributed by atoms with Gasteiger partial charge in [0.2, 0.25) is 0 Å². The van der Waals surface area contributed by atoms with Crippen molar-refractivity contribution >= 4 is 7.82 Å². The van der Waals surface area contributed by atoms with Crippen LogP contribution in [0.2, 0.25) is 0 Å². The van der Waals surface area contributed by atoms with Gasteiger partial charge in [0.1, 0.15) is 0 Å². The predicted octanol–water partition coefficient (Wildman–Crippen LogP) is 5.96. The Morgan fingerprint density at radius 1 is 0.444 bits per heavy atom. The highest BCUT2D eigenvalue weighted by Crippen LogP contribution is 2.45. The lowest BCUT2D eigenvalue weighted by atomic mass is 10.3. The van der Waals surface area contributed by atoms with Gasteiger partial charge in [0.05, 0.1) is 102 Å². The van der Waals surface area contributed by atoms with E-state index in [-0.39, 0.29) is 49.8 Å². The Labute approximate surface area is 274 Å². The molecule has 0 saturated carbocycles.